The average molecular weight is 275 g/mol. The molecule has 0 saturated heterocycles. The summed E-state index contributed by atoms with van der Waals surface area (Å²) >= 11 is 1.66. The Bertz CT molecular complexity index is 77.7. The molecule has 0 N–H and O–H groups in total. The van der Waals surface area contributed by atoms with Gasteiger partial charge in [0.05, 0.1) is 5.75 Å². The molecule has 0 atom stereocenters. The molecule has 0 aromatic rings. The summed E-state index contributed by atoms with van der Waals surface area (Å²) in [5.41, 5.74) is 2.88. The molecule has 0 aromatic carbocycles. The van der Waals surface area contributed by atoms with E-state index in [2.05, 4.69) is 5.73 Å². The molecule has 0 bridgehead atoms. The Morgan fingerprint density at radius 1 is 1.43 bits per heavy atom. The van der Waals surface area contributed by atoms with Gasteiger partial charge in [0.2, 0.25) is 0 Å². The van der Waals surface area contributed by atoms with Crippen molar-refractivity contribution in [3.8, 4) is 0 Å². The van der Waals surface area contributed by atoms with E-state index in [0.717, 1.165) is 0 Å². The van der Waals surface area contributed by atoms with Gasteiger partial charge in [-0.15, -0.1) is 17.5 Å². The van der Waals surface area contributed by atoms with Gasteiger partial charge in [-0.2, -0.15) is 0 Å². The molecule has 0 nitrogen and oxygen atoms in total. The van der Waals surface area contributed by atoms with E-state index >= 15 is 0 Å². The standard InChI is InChI=1S/C4H3S.HI.Zn/c1-2-4-5-3-1;;/h1,3-4H;1H;/p-1. The molecule has 1 aliphatic heterocycles. The van der Waals surface area contributed by atoms with Crippen LogP contribution in [-0.2, 0) is 19.5 Å². The van der Waals surface area contributed by atoms with Crippen molar-refractivity contribution in [2.45, 2.75) is 0 Å². The Balaban J connectivity index is 0. The van der Waals surface area contributed by atoms with Crippen LogP contribution in [0.15, 0.2) is 17.2 Å². The molecule has 0 aromatic heterocycles. The third kappa shape index (κ3) is 5.09. The van der Waals surface area contributed by atoms with Gasteiger partial charge in [0.1, 0.15) is 0 Å². The first kappa shape index (κ1) is 11.1. The van der Waals surface area contributed by atoms with Crippen molar-refractivity contribution in [3.05, 3.63) is 23.0 Å². The maximum absolute atomic E-state index is 2.88. The summed E-state index contributed by atoms with van der Waals surface area (Å²) in [6.07, 6.45) is 1.89. The molecular weight excluding hydrogens is 272 g/mol. The van der Waals surface area contributed by atoms with Crippen LogP contribution in [0.4, 0.5) is 0 Å². The van der Waals surface area contributed by atoms with Crippen molar-refractivity contribution < 1.29 is 43.5 Å². The number of halogens is 1. The van der Waals surface area contributed by atoms with Crippen LogP contribution in [0.25, 0.3) is 0 Å². The van der Waals surface area contributed by atoms with E-state index < -0.39 is 0 Å². The van der Waals surface area contributed by atoms with Crippen LogP contribution in [0, 0.1) is 5.75 Å². The molecule has 1 radical (unpaired) electrons. The van der Waals surface area contributed by atoms with Crippen LogP contribution in [0.2, 0.25) is 0 Å². The van der Waals surface area contributed by atoms with Crippen LogP contribution in [-0.4, -0.2) is 0 Å². The summed E-state index contributed by atoms with van der Waals surface area (Å²) in [7, 11) is 0. The molecule has 0 aliphatic carbocycles. The first-order valence-electron chi connectivity index (χ1n) is 1.38. The normalized spacial score (nSPS) is 12.6. The topological polar surface area (TPSA) is 0 Å². The van der Waals surface area contributed by atoms with Crippen molar-refractivity contribution in [1.29, 1.82) is 0 Å². The number of rotatable bonds is 0. The minimum absolute atomic E-state index is 0. The first-order valence-corrected chi connectivity index (χ1v) is 2.32. The van der Waals surface area contributed by atoms with Gasteiger partial charge in [-0.25, -0.2) is 0 Å². The molecule has 35 valence electrons. The minimum Gasteiger partial charge on any atom is -1.00 e. The molecule has 0 unspecified atom stereocenters. The summed E-state index contributed by atoms with van der Waals surface area (Å²) < 4.78 is 0. The Morgan fingerprint density at radius 2 is 2.14 bits per heavy atom. The van der Waals surface area contributed by atoms with Gasteiger partial charge in [-0.05, 0) is 6.08 Å². The molecule has 0 saturated carbocycles. The van der Waals surface area contributed by atoms with Crippen molar-refractivity contribution in [2.75, 3.05) is 0 Å². The van der Waals surface area contributed by atoms with Crippen molar-refractivity contribution in [3.63, 3.8) is 0 Å². The van der Waals surface area contributed by atoms with Crippen LogP contribution < -0.4 is 24.0 Å². The summed E-state index contributed by atoms with van der Waals surface area (Å²) in [6, 6.07) is 0. The number of hydrogen-bond acceptors (Lipinski definition) is 1. The molecule has 1 rings (SSSR count). The van der Waals surface area contributed by atoms with Gasteiger partial charge < -0.3 is 24.0 Å². The summed E-state index contributed by atoms with van der Waals surface area (Å²) in [5, 5.41) is 1.92. The minimum atomic E-state index is 0. The molecule has 0 fully saturated rings. The summed E-state index contributed by atoms with van der Waals surface area (Å²) in [6.45, 7) is 0. The molecule has 0 spiro atoms. The zero-order chi connectivity index (χ0) is 3.54. The molecule has 1 heterocycles. The molecule has 3 heteroatoms. The fourth-order valence-corrected chi connectivity index (χ4v) is 0.589. The van der Waals surface area contributed by atoms with Gasteiger partial charge in [0.25, 0.3) is 0 Å². The van der Waals surface area contributed by atoms with Crippen LogP contribution in [0.3, 0.4) is 0 Å². The number of hydrogen-bond donors (Lipinski definition) is 0. The third-order valence-electron chi connectivity index (χ3n) is 0.379. The Labute approximate surface area is 77.6 Å². The Hall–Kier alpha value is 1.22. The van der Waals surface area contributed by atoms with Crippen LogP contribution in [0.1, 0.15) is 0 Å². The first-order chi connectivity index (χ1) is 2.50. The molecule has 7 heavy (non-hydrogen) atoms. The van der Waals surface area contributed by atoms with Gasteiger partial charge in [-0.3, -0.25) is 0 Å². The predicted molar refractivity (Wildman–Crippen MR) is 24.5 cm³/mol. The molecule has 1 aliphatic rings. The van der Waals surface area contributed by atoms with Crippen molar-refractivity contribution >= 4 is 11.8 Å². The second-order valence-electron chi connectivity index (χ2n) is 0.723. The van der Waals surface area contributed by atoms with Gasteiger partial charge in [0, 0.05) is 24.9 Å². The van der Waals surface area contributed by atoms with E-state index in [0.29, 0.717) is 0 Å². The fourth-order valence-electron chi connectivity index (χ4n) is 0.196. The van der Waals surface area contributed by atoms with E-state index in [9.17, 15) is 0 Å². The van der Waals surface area contributed by atoms with E-state index in [1.54, 1.807) is 11.8 Å². The Morgan fingerprint density at radius 3 is 2.29 bits per heavy atom. The smallest absolute Gasteiger partial charge is 0.0512 e. The molecule has 0 amide bonds. The number of thioether (sulfide) groups is 1. The van der Waals surface area contributed by atoms with Crippen molar-refractivity contribution in [2.24, 2.45) is 0 Å². The van der Waals surface area contributed by atoms with Gasteiger partial charge in [0.15, 0.2) is 0 Å². The van der Waals surface area contributed by atoms with E-state index in [1.165, 1.54) is 0 Å². The zero-order valence-corrected chi connectivity index (χ0v) is 9.67. The second-order valence-corrected chi connectivity index (χ2v) is 1.50. The maximum atomic E-state index is 2.88. The van der Waals surface area contributed by atoms with Crippen LogP contribution in [0.5, 0.6) is 0 Å². The van der Waals surface area contributed by atoms with Crippen molar-refractivity contribution in [1.82, 2.24) is 0 Å². The van der Waals surface area contributed by atoms with Crippen LogP contribution >= 0.6 is 11.8 Å². The van der Waals surface area contributed by atoms with E-state index in [4.69, 9.17) is 0 Å². The zero-order valence-electron chi connectivity index (χ0n) is 3.73. The SMILES string of the molecule is C1=C[CH]SC=1.[I-].[Zn]. The average Bonchev–Trinajstić information content (AvgIpc) is 1.76. The fraction of sp³-hybridized carbons (Fsp3) is 0. The quantitative estimate of drug-likeness (QED) is 0.297. The third-order valence-corrected chi connectivity index (χ3v) is 0.944. The predicted octanol–water partition coefficient (Wildman–Crippen LogP) is -1.43. The largest absolute Gasteiger partial charge is 1.00 e. The maximum Gasteiger partial charge on any atom is 0.0512 e. The summed E-state index contributed by atoms with van der Waals surface area (Å²) in [5.74, 6) is 1.99. The van der Waals surface area contributed by atoms with Gasteiger partial charge in [-0.1, -0.05) is 0 Å². The second kappa shape index (κ2) is 7.22. The van der Waals surface area contributed by atoms with E-state index in [-0.39, 0.29) is 43.5 Å². The molecular formula is C4H3ISZn-. The monoisotopic (exact) mass is 274 g/mol. The summed E-state index contributed by atoms with van der Waals surface area (Å²) in [4.78, 5) is 0. The van der Waals surface area contributed by atoms with Gasteiger partial charge >= 0.3 is 0 Å². The Kier molecular flexibility index (Phi) is 11.4. The van der Waals surface area contributed by atoms with E-state index in [1.807, 2.05) is 17.2 Å².